The van der Waals surface area contributed by atoms with Crippen LogP contribution in [0, 0.1) is 29.9 Å². The highest BCUT2D eigenvalue weighted by molar-refractivity contribution is 7.18. The molecule has 1 unspecified atom stereocenters. The van der Waals surface area contributed by atoms with Crippen LogP contribution in [0.25, 0.3) is 0 Å². The summed E-state index contributed by atoms with van der Waals surface area (Å²) in [6.07, 6.45) is 0. The molecule has 0 aliphatic rings. The number of hydrogen-bond donors (Lipinski definition) is 2. The molecule has 3 N–H and O–H groups in total. The molecular formula is C17H21N5O6S. The highest BCUT2D eigenvalue weighted by Crippen LogP contribution is 2.34. The number of anilines is 1. The topological polar surface area (TPSA) is 159 Å². The number of thiophene rings is 1. The fourth-order valence-corrected chi connectivity index (χ4v) is 3.68. The van der Waals surface area contributed by atoms with Gasteiger partial charge in [0, 0.05) is 0 Å². The normalized spacial score (nSPS) is 11.7. The van der Waals surface area contributed by atoms with Crippen LogP contribution in [-0.2, 0) is 16.1 Å². The molecule has 0 spiro atoms. The summed E-state index contributed by atoms with van der Waals surface area (Å²) in [5.74, 6) is -2.78. The van der Waals surface area contributed by atoms with Gasteiger partial charge >= 0.3 is 11.8 Å². The molecule has 0 saturated heterocycles. The van der Waals surface area contributed by atoms with Crippen molar-refractivity contribution in [2.45, 2.75) is 34.2 Å². The zero-order valence-electron chi connectivity index (χ0n) is 16.3. The molecule has 0 aromatic carbocycles. The Kier molecular flexibility index (Phi) is 6.69. The molecule has 156 valence electrons. The maximum absolute atomic E-state index is 12.6. The van der Waals surface area contributed by atoms with E-state index in [1.807, 2.05) is 0 Å². The smallest absolute Gasteiger partial charge is 0.390 e. The molecule has 0 fully saturated rings. The predicted molar refractivity (Wildman–Crippen MR) is 105 cm³/mol. The van der Waals surface area contributed by atoms with Crippen LogP contribution in [0.2, 0.25) is 0 Å². The van der Waals surface area contributed by atoms with E-state index < -0.39 is 28.6 Å². The van der Waals surface area contributed by atoms with E-state index in [2.05, 4.69) is 10.4 Å². The quantitative estimate of drug-likeness (QED) is 0.373. The Morgan fingerprint density at radius 1 is 1.41 bits per heavy atom. The van der Waals surface area contributed by atoms with E-state index in [4.69, 9.17) is 10.5 Å². The molecule has 1 atom stereocenters. The Bertz CT molecular complexity index is 979. The first-order chi connectivity index (χ1) is 13.6. The van der Waals surface area contributed by atoms with Crippen LogP contribution in [-0.4, -0.2) is 39.1 Å². The van der Waals surface area contributed by atoms with Gasteiger partial charge in [0.2, 0.25) is 5.91 Å². The number of nitrogens with one attached hydrogen (secondary N) is 1. The highest BCUT2D eigenvalue weighted by atomic mass is 32.1. The summed E-state index contributed by atoms with van der Waals surface area (Å²) in [6, 6.07) is 1.31. The average molecular weight is 423 g/mol. The molecule has 0 saturated carbocycles. The second-order valence-electron chi connectivity index (χ2n) is 6.32. The Balaban J connectivity index is 2.25. The number of esters is 1. The van der Waals surface area contributed by atoms with Crippen LogP contribution in [0.3, 0.4) is 0 Å². The molecule has 0 radical (unpaired) electrons. The molecule has 0 aliphatic carbocycles. The van der Waals surface area contributed by atoms with Crippen molar-refractivity contribution in [1.82, 2.24) is 9.78 Å². The molecule has 0 bridgehead atoms. The molecule has 29 heavy (non-hydrogen) atoms. The van der Waals surface area contributed by atoms with E-state index in [1.54, 1.807) is 27.7 Å². The van der Waals surface area contributed by atoms with Crippen LogP contribution >= 0.6 is 11.3 Å². The lowest BCUT2D eigenvalue weighted by molar-refractivity contribution is -0.389. The lowest BCUT2D eigenvalue weighted by atomic mass is 10.1. The zero-order valence-corrected chi connectivity index (χ0v) is 17.2. The maximum atomic E-state index is 12.6. The molecule has 12 heteroatoms. The van der Waals surface area contributed by atoms with Gasteiger partial charge in [-0.15, -0.1) is 11.3 Å². The van der Waals surface area contributed by atoms with Gasteiger partial charge in [0.25, 0.3) is 5.91 Å². The highest BCUT2D eigenvalue weighted by Gasteiger charge is 2.27. The fourth-order valence-electron chi connectivity index (χ4n) is 2.63. The number of carbonyl (C=O) groups is 3. The summed E-state index contributed by atoms with van der Waals surface area (Å²) in [6.45, 7) is 6.66. The van der Waals surface area contributed by atoms with Crippen molar-refractivity contribution in [3.8, 4) is 0 Å². The molecule has 2 rings (SSSR count). The first-order valence-corrected chi connectivity index (χ1v) is 9.48. The van der Waals surface area contributed by atoms with Gasteiger partial charge in [-0.25, -0.2) is 4.79 Å². The molecule has 11 nitrogen and oxygen atoms in total. The Labute approximate surface area is 170 Å². The Morgan fingerprint density at radius 3 is 2.59 bits per heavy atom. The Hall–Kier alpha value is -3.28. The number of nitro groups is 1. The van der Waals surface area contributed by atoms with Crippen molar-refractivity contribution >= 4 is 39.9 Å². The zero-order chi connectivity index (χ0) is 21.9. The van der Waals surface area contributed by atoms with Crippen LogP contribution in [0.5, 0.6) is 0 Å². The van der Waals surface area contributed by atoms with E-state index in [9.17, 15) is 24.5 Å². The van der Waals surface area contributed by atoms with Crippen molar-refractivity contribution in [3.05, 3.63) is 37.9 Å². The van der Waals surface area contributed by atoms with E-state index in [0.29, 0.717) is 11.3 Å². The lowest BCUT2D eigenvalue weighted by Crippen LogP contribution is -2.25. The van der Waals surface area contributed by atoms with E-state index in [-0.39, 0.29) is 34.4 Å². The van der Waals surface area contributed by atoms with E-state index in [1.165, 1.54) is 10.7 Å². The second-order valence-corrected chi connectivity index (χ2v) is 7.34. The molecule has 2 amide bonds. The first-order valence-electron chi connectivity index (χ1n) is 8.66. The van der Waals surface area contributed by atoms with Gasteiger partial charge in [0.1, 0.15) is 5.00 Å². The number of primary amides is 1. The van der Waals surface area contributed by atoms with Crippen molar-refractivity contribution in [2.75, 3.05) is 11.9 Å². The minimum atomic E-state index is -0.717. The average Bonchev–Trinajstić information content (AvgIpc) is 3.15. The first kappa shape index (κ1) is 22.0. The van der Waals surface area contributed by atoms with Gasteiger partial charge in [-0.05, 0) is 31.3 Å². The van der Waals surface area contributed by atoms with E-state index in [0.717, 1.165) is 11.3 Å². The van der Waals surface area contributed by atoms with Gasteiger partial charge in [-0.3, -0.25) is 9.59 Å². The summed E-state index contributed by atoms with van der Waals surface area (Å²) >= 11 is 0.893. The number of aryl methyl sites for hydroxylation is 1. The summed E-state index contributed by atoms with van der Waals surface area (Å²) in [7, 11) is 0. The van der Waals surface area contributed by atoms with Crippen molar-refractivity contribution < 1.29 is 24.0 Å². The number of hydrogen-bond acceptors (Lipinski definition) is 8. The van der Waals surface area contributed by atoms with Gasteiger partial charge in [-0.1, -0.05) is 6.92 Å². The number of amides is 2. The molecule has 0 aliphatic heterocycles. The van der Waals surface area contributed by atoms with Crippen molar-refractivity contribution in [1.29, 1.82) is 0 Å². The number of aromatic nitrogens is 2. The third kappa shape index (κ3) is 4.77. The van der Waals surface area contributed by atoms with Gasteiger partial charge in [-0.2, -0.15) is 4.68 Å². The van der Waals surface area contributed by atoms with Crippen LogP contribution in [0.4, 0.5) is 10.8 Å². The van der Waals surface area contributed by atoms with E-state index >= 15 is 0 Å². The monoisotopic (exact) mass is 423 g/mol. The van der Waals surface area contributed by atoms with Crippen LogP contribution in [0.15, 0.2) is 6.07 Å². The fraction of sp³-hybridized carbons (Fsp3) is 0.412. The van der Waals surface area contributed by atoms with Crippen molar-refractivity contribution in [2.24, 2.45) is 11.7 Å². The summed E-state index contributed by atoms with van der Waals surface area (Å²) in [5.41, 5.74) is 6.30. The van der Waals surface area contributed by atoms with Gasteiger partial charge < -0.3 is 25.9 Å². The SMILES string of the molecule is CCOC(=O)c1c(NC(=O)C(C)Cn2nc([N+](=O)[O-])cc2C)sc(C(N)=O)c1C. The predicted octanol–water partition coefficient (Wildman–Crippen LogP) is 2.02. The minimum absolute atomic E-state index is 0.0807. The molecule has 2 aromatic rings. The number of nitrogens with zero attached hydrogens (tertiary/aromatic N) is 3. The second kappa shape index (κ2) is 8.82. The summed E-state index contributed by atoms with van der Waals surface area (Å²) in [5, 5.41) is 17.5. The van der Waals surface area contributed by atoms with Crippen LogP contribution in [0.1, 0.15) is 45.1 Å². The standard InChI is InChI=1S/C17H21N5O6S/c1-5-28-17(25)12-10(4)13(14(18)23)29-16(12)19-15(24)8(2)7-21-9(3)6-11(20-21)22(26)27/h6,8H,5,7H2,1-4H3,(H2,18,23)(H,19,24). The number of nitrogens with two attached hydrogens (primary N) is 1. The molecule has 2 heterocycles. The van der Waals surface area contributed by atoms with Crippen LogP contribution < -0.4 is 11.1 Å². The van der Waals surface area contributed by atoms with Gasteiger partial charge in [0.05, 0.1) is 46.4 Å². The third-order valence-electron chi connectivity index (χ3n) is 4.14. The lowest BCUT2D eigenvalue weighted by Gasteiger charge is -2.12. The number of carbonyl (C=O) groups excluding carboxylic acids is 3. The van der Waals surface area contributed by atoms with Crippen molar-refractivity contribution in [3.63, 3.8) is 0 Å². The number of rotatable bonds is 8. The minimum Gasteiger partial charge on any atom is -0.462 e. The summed E-state index contributed by atoms with van der Waals surface area (Å²) < 4.78 is 6.37. The molecular weight excluding hydrogens is 402 g/mol. The van der Waals surface area contributed by atoms with Gasteiger partial charge in [0.15, 0.2) is 0 Å². The third-order valence-corrected chi connectivity index (χ3v) is 5.36. The maximum Gasteiger partial charge on any atom is 0.390 e. The molecule has 2 aromatic heterocycles. The summed E-state index contributed by atoms with van der Waals surface area (Å²) in [4.78, 5) is 46.9. The number of ether oxygens (including phenoxy) is 1. The Morgan fingerprint density at radius 2 is 2.07 bits per heavy atom. The largest absolute Gasteiger partial charge is 0.462 e.